The van der Waals surface area contributed by atoms with Gasteiger partial charge in [0.25, 0.3) is 0 Å². The fraction of sp³-hybridized carbons (Fsp3) is 0.643. The van der Waals surface area contributed by atoms with Crippen molar-refractivity contribution in [3.8, 4) is 0 Å². The van der Waals surface area contributed by atoms with Crippen LogP contribution < -0.4 is 10.2 Å². The van der Waals surface area contributed by atoms with Crippen molar-refractivity contribution >= 4 is 17.0 Å². The molecule has 1 unspecified atom stereocenters. The molecule has 3 rings (SSSR count). The number of rotatable bonds is 4. The van der Waals surface area contributed by atoms with Crippen LogP contribution in [0.4, 0.5) is 5.82 Å². The highest BCUT2D eigenvalue weighted by Gasteiger charge is 2.22. The molecule has 0 saturated carbocycles. The smallest absolute Gasteiger partial charge is 0.182 e. The van der Waals surface area contributed by atoms with Crippen molar-refractivity contribution in [2.75, 3.05) is 24.5 Å². The van der Waals surface area contributed by atoms with Crippen molar-refractivity contribution in [2.24, 2.45) is 5.92 Å². The van der Waals surface area contributed by atoms with E-state index in [0.29, 0.717) is 12.0 Å². The summed E-state index contributed by atoms with van der Waals surface area (Å²) in [7, 11) is 0. The van der Waals surface area contributed by atoms with E-state index in [0.717, 1.165) is 36.6 Å². The van der Waals surface area contributed by atoms with Gasteiger partial charge < -0.3 is 15.2 Å². The number of aromatic nitrogens is 4. The summed E-state index contributed by atoms with van der Waals surface area (Å²) in [6.07, 6.45) is 5.84. The van der Waals surface area contributed by atoms with Crippen LogP contribution in [-0.4, -0.2) is 45.6 Å². The second-order valence-corrected chi connectivity index (χ2v) is 5.76. The molecule has 0 bridgehead atoms. The minimum Gasteiger partial charge on any atom is -0.352 e. The third kappa shape index (κ3) is 2.60. The van der Waals surface area contributed by atoms with Crippen molar-refractivity contribution in [1.29, 1.82) is 0 Å². The summed E-state index contributed by atoms with van der Waals surface area (Å²) in [5, 5.41) is 3.48. The Balaban J connectivity index is 1.87. The molecule has 0 radical (unpaired) electrons. The lowest BCUT2D eigenvalue weighted by molar-refractivity contribution is 0.370. The molecular formula is C14H22N6. The summed E-state index contributed by atoms with van der Waals surface area (Å²) in [4.78, 5) is 18.4. The highest BCUT2D eigenvalue weighted by atomic mass is 15.2. The van der Waals surface area contributed by atoms with E-state index < -0.39 is 0 Å². The monoisotopic (exact) mass is 274 g/mol. The highest BCUT2D eigenvalue weighted by molar-refractivity contribution is 5.82. The molecule has 1 aliphatic rings. The lowest BCUT2D eigenvalue weighted by Crippen LogP contribution is -2.41. The fourth-order valence-electron chi connectivity index (χ4n) is 2.87. The number of fused-ring (bicyclic) bond motifs is 1. The van der Waals surface area contributed by atoms with Crippen LogP contribution in [-0.2, 0) is 0 Å². The number of hydrogen-bond acceptors (Lipinski definition) is 5. The first kappa shape index (κ1) is 13.3. The number of imidazole rings is 1. The Morgan fingerprint density at radius 1 is 1.35 bits per heavy atom. The van der Waals surface area contributed by atoms with E-state index in [-0.39, 0.29) is 0 Å². The van der Waals surface area contributed by atoms with Gasteiger partial charge in [-0.3, -0.25) is 0 Å². The molecule has 2 aromatic heterocycles. The molecule has 108 valence electrons. The molecule has 1 saturated heterocycles. The zero-order valence-corrected chi connectivity index (χ0v) is 12.1. The maximum absolute atomic E-state index is 4.49. The van der Waals surface area contributed by atoms with Gasteiger partial charge in [0.1, 0.15) is 11.8 Å². The van der Waals surface area contributed by atoms with Crippen LogP contribution >= 0.6 is 0 Å². The molecule has 2 aromatic rings. The molecule has 0 aliphatic carbocycles. The molecule has 1 fully saturated rings. The van der Waals surface area contributed by atoms with E-state index >= 15 is 0 Å². The fourth-order valence-corrected chi connectivity index (χ4v) is 2.87. The van der Waals surface area contributed by atoms with Gasteiger partial charge in [-0.15, -0.1) is 0 Å². The van der Waals surface area contributed by atoms with Gasteiger partial charge in [0.05, 0.1) is 6.33 Å². The van der Waals surface area contributed by atoms with Crippen LogP contribution in [0.5, 0.6) is 0 Å². The molecule has 0 spiro atoms. The van der Waals surface area contributed by atoms with Gasteiger partial charge in [0.2, 0.25) is 0 Å². The van der Waals surface area contributed by atoms with Crippen molar-refractivity contribution < 1.29 is 0 Å². The SMILES string of the molecule is CC(C)N(CC1CCCNC1)c1ncnc2nc[nH]c12. The van der Waals surface area contributed by atoms with Crippen LogP contribution in [0, 0.1) is 5.92 Å². The predicted octanol–water partition coefficient (Wildman–Crippen LogP) is 1.57. The Bertz CT molecular complexity index is 558. The zero-order chi connectivity index (χ0) is 13.9. The molecule has 20 heavy (non-hydrogen) atoms. The first-order chi connectivity index (χ1) is 9.75. The second-order valence-electron chi connectivity index (χ2n) is 5.76. The summed E-state index contributed by atoms with van der Waals surface area (Å²) in [6, 6.07) is 0.401. The summed E-state index contributed by atoms with van der Waals surface area (Å²) >= 11 is 0. The maximum atomic E-state index is 4.49. The molecule has 2 N–H and O–H groups in total. The summed E-state index contributed by atoms with van der Waals surface area (Å²) in [6.45, 7) is 7.69. The number of piperidine rings is 1. The van der Waals surface area contributed by atoms with Gasteiger partial charge in [0.15, 0.2) is 11.5 Å². The van der Waals surface area contributed by atoms with Crippen LogP contribution in [0.2, 0.25) is 0 Å². The zero-order valence-electron chi connectivity index (χ0n) is 12.1. The van der Waals surface area contributed by atoms with Crippen molar-refractivity contribution in [3.05, 3.63) is 12.7 Å². The Labute approximate surface area is 119 Å². The first-order valence-corrected chi connectivity index (χ1v) is 7.37. The predicted molar refractivity (Wildman–Crippen MR) is 79.8 cm³/mol. The van der Waals surface area contributed by atoms with Gasteiger partial charge in [0, 0.05) is 12.6 Å². The molecule has 3 heterocycles. The minimum absolute atomic E-state index is 0.401. The molecule has 0 amide bonds. The Kier molecular flexibility index (Phi) is 3.82. The van der Waals surface area contributed by atoms with Gasteiger partial charge >= 0.3 is 0 Å². The molecule has 6 nitrogen and oxygen atoms in total. The first-order valence-electron chi connectivity index (χ1n) is 7.37. The van der Waals surface area contributed by atoms with Crippen LogP contribution in [0.15, 0.2) is 12.7 Å². The normalized spacial score (nSPS) is 19.6. The number of nitrogens with zero attached hydrogens (tertiary/aromatic N) is 4. The van der Waals surface area contributed by atoms with Gasteiger partial charge in [-0.05, 0) is 45.7 Å². The van der Waals surface area contributed by atoms with E-state index in [9.17, 15) is 0 Å². The molecular weight excluding hydrogens is 252 g/mol. The second kappa shape index (κ2) is 5.75. The molecule has 6 heteroatoms. The summed E-state index contributed by atoms with van der Waals surface area (Å²) in [5.74, 6) is 1.65. The van der Waals surface area contributed by atoms with E-state index in [4.69, 9.17) is 0 Å². The number of H-pyrrole nitrogens is 1. The Morgan fingerprint density at radius 2 is 2.25 bits per heavy atom. The number of nitrogens with one attached hydrogen (secondary N) is 2. The number of anilines is 1. The van der Waals surface area contributed by atoms with E-state index in [1.807, 2.05) is 0 Å². The largest absolute Gasteiger partial charge is 0.352 e. The molecule has 0 aromatic carbocycles. The average molecular weight is 274 g/mol. The average Bonchev–Trinajstić information content (AvgIpc) is 2.94. The quantitative estimate of drug-likeness (QED) is 0.885. The van der Waals surface area contributed by atoms with Crippen LogP contribution in [0.3, 0.4) is 0 Å². The maximum Gasteiger partial charge on any atom is 0.182 e. The Morgan fingerprint density at radius 3 is 3.00 bits per heavy atom. The van der Waals surface area contributed by atoms with Crippen LogP contribution in [0.1, 0.15) is 26.7 Å². The van der Waals surface area contributed by atoms with Crippen LogP contribution in [0.25, 0.3) is 11.2 Å². The molecule has 1 atom stereocenters. The van der Waals surface area contributed by atoms with Gasteiger partial charge in [-0.2, -0.15) is 0 Å². The number of hydrogen-bond donors (Lipinski definition) is 2. The van der Waals surface area contributed by atoms with Crippen molar-refractivity contribution in [3.63, 3.8) is 0 Å². The van der Waals surface area contributed by atoms with E-state index in [1.54, 1.807) is 12.7 Å². The van der Waals surface area contributed by atoms with Crippen molar-refractivity contribution in [2.45, 2.75) is 32.7 Å². The summed E-state index contributed by atoms with van der Waals surface area (Å²) < 4.78 is 0. The standard InChI is InChI=1S/C14H22N6/c1-10(2)20(7-11-4-3-5-15-6-11)14-12-13(17-8-16-12)18-9-19-14/h8-11,15H,3-7H2,1-2H3,(H,16,17,18,19). The highest BCUT2D eigenvalue weighted by Crippen LogP contribution is 2.24. The summed E-state index contributed by atoms with van der Waals surface area (Å²) in [5.41, 5.74) is 1.67. The van der Waals surface area contributed by atoms with Gasteiger partial charge in [-0.1, -0.05) is 0 Å². The lowest BCUT2D eigenvalue weighted by atomic mass is 9.98. The van der Waals surface area contributed by atoms with E-state index in [2.05, 4.69) is 44.0 Å². The third-order valence-corrected chi connectivity index (χ3v) is 3.95. The van der Waals surface area contributed by atoms with E-state index in [1.165, 1.54) is 12.8 Å². The number of aromatic amines is 1. The van der Waals surface area contributed by atoms with Crippen molar-refractivity contribution in [1.82, 2.24) is 25.3 Å². The Hall–Kier alpha value is -1.69. The lowest BCUT2D eigenvalue weighted by Gasteiger charge is -2.33. The van der Waals surface area contributed by atoms with Gasteiger partial charge in [-0.25, -0.2) is 15.0 Å². The molecule has 1 aliphatic heterocycles. The topological polar surface area (TPSA) is 69.7 Å². The third-order valence-electron chi connectivity index (χ3n) is 3.95. The minimum atomic E-state index is 0.401.